The highest BCUT2D eigenvalue weighted by Gasteiger charge is 2.37. The average Bonchev–Trinajstić information content (AvgIpc) is 3.37. The van der Waals surface area contributed by atoms with Gasteiger partial charge in [-0.25, -0.2) is 0 Å². The van der Waals surface area contributed by atoms with Gasteiger partial charge in [-0.05, 0) is 56.2 Å². The van der Waals surface area contributed by atoms with Crippen molar-refractivity contribution in [3.63, 3.8) is 0 Å². The highest BCUT2D eigenvalue weighted by atomic mass is 16.5. The lowest BCUT2D eigenvalue weighted by molar-refractivity contribution is -0.138. The lowest BCUT2D eigenvalue weighted by atomic mass is 9.86. The Labute approximate surface area is 154 Å². The summed E-state index contributed by atoms with van der Waals surface area (Å²) in [7, 11) is 1.77. The van der Waals surface area contributed by atoms with Crippen molar-refractivity contribution in [2.75, 3.05) is 13.7 Å². The van der Waals surface area contributed by atoms with E-state index in [0.717, 1.165) is 61.9 Å². The molecule has 1 N–H and O–H groups in total. The number of aromatic nitrogens is 3. The van der Waals surface area contributed by atoms with E-state index in [1.54, 1.807) is 19.5 Å². The molecule has 1 aliphatic heterocycles. The zero-order valence-electron chi connectivity index (χ0n) is 15.2. The molecule has 1 saturated carbocycles. The molecule has 26 heavy (non-hydrogen) atoms. The number of likely N-dealkylation sites (tertiary alicyclic amines) is 1. The summed E-state index contributed by atoms with van der Waals surface area (Å²) in [5.41, 5.74) is 3.21. The highest BCUT2D eigenvalue weighted by Crippen LogP contribution is 2.38. The van der Waals surface area contributed by atoms with Gasteiger partial charge >= 0.3 is 0 Å². The summed E-state index contributed by atoms with van der Waals surface area (Å²) in [5, 5.41) is 7.44. The van der Waals surface area contributed by atoms with E-state index in [1.807, 2.05) is 18.3 Å². The van der Waals surface area contributed by atoms with E-state index in [0.29, 0.717) is 12.0 Å². The Morgan fingerprint density at radius 3 is 2.69 bits per heavy atom. The highest BCUT2D eigenvalue weighted by molar-refractivity contribution is 5.80. The van der Waals surface area contributed by atoms with Gasteiger partial charge in [0.2, 0.25) is 5.91 Å². The Hall–Kier alpha value is -2.21. The number of pyridine rings is 1. The standard InChI is InChI=1S/C20H26N4O2/c1-26-16-6-4-15(5-7-16)20(25)24-12-2-3-18(24)19-17(13-22-23-19)14-8-10-21-11-9-14/h8-11,13,15-16,18H,2-7,12H2,1H3,(H,22,23)/t15?,16?,18-/m1/s1. The minimum absolute atomic E-state index is 0.0910. The number of hydrogen-bond acceptors (Lipinski definition) is 4. The normalized spacial score (nSPS) is 26.2. The van der Waals surface area contributed by atoms with Crippen molar-refractivity contribution in [3.05, 3.63) is 36.4 Å². The van der Waals surface area contributed by atoms with Gasteiger partial charge in [-0.3, -0.25) is 14.9 Å². The van der Waals surface area contributed by atoms with Crippen LogP contribution < -0.4 is 0 Å². The van der Waals surface area contributed by atoms with E-state index in [2.05, 4.69) is 20.1 Å². The molecule has 1 saturated heterocycles. The Morgan fingerprint density at radius 1 is 1.19 bits per heavy atom. The number of nitrogens with zero attached hydrogens (tertiary/aromatic N) is 3. The molecule has 2 aromatic heterocycles. The van der Waals surface area contributed by atoms with Crippen LogP contribution in [0.3, 0.4) is 0 Å². The smallest absolute Gasteiger partial charge is 0.226 e. The van der Waals surface area contributed by atoms with Gasteiger partial charge in [-0.1, -0.05) is 0 Å². The molecule has 0 bridgehead atoms. The van der Waals surface area contributed by atoms with Crippen LogP contribution >= 0.6 is 0 Å². The van der Waals surface area contributed by atoms with Crippen molar-refractivity contribution in [1.82, 2.24) is 20.1 Å². The molecule has 1 atom stereocenters. The number of hydrogen-bond donors (Lipinski definition) is 1. The second-order valence-corrected chi connectivity index (χ2v) is 7.33. The predicted octanol–water partition coefficient (Wildman–Crippen LogP) is 3.34. The first-order valence-electron chi connectivity index (χ1n) is 9.55. The first-order valence-corrected chi connectivity index (χ1v) is 9.55. The van der Waals surface area contributed by atoms with Crippen molar-refractivity contribution >= 4 is 5.91 Å². The minimum atomic E-state index is 0.0910. The van der Waals surface area contributed by atoms with Crippen molar-refractivity contribution < 1.29 is 9.53 Å². The zero-order valence-corrected chi connectivity index (χ0v) is 15.2. The third-order valence-electron chi connectivity index (χ3n) is 5.89. The monoisotopic (exact) mass is 354 g/mol. The summed E-state index contributed by atoms with van der Waals surface area (Å²) in [5.74, 6) is 0.437. The third kappa shape index (κ3) is 3.26. The number of rotatable bonds is 4. The van der Waals surface area contributed by atoms with Gasteiger partial charge in [-0.15, -0.1) is 0 Å². The molecule has 0 spiro atoms. The van der Waals surface area contributed by atoms with E-state index >= 15 is 0 Å². The maximum Gasteiger partial charge on any atom is 0.226 e. The lowest BCUT2D eigenvalue weighted by Gasteiger charge is -2.32. The van der Waals surface area contributed by atoms with E-state index in [4.69, 9.17) is 4.74 Å². The molecule has 0 aromatic carbocycles. The third-order valence-corrected chi connectivity index (χ3v) is 5.89. The molecule has 0 radical (unpaired) electrons. The van der Waals surface area contributed by atoms with Crippen LogP contribution in [0.25, 0.3) is 11.1 Å². The molecule has 1 amide bonds. The summed E-state index contributed by atoms with van der Waals surface area (Å²) in [6.07, 6.45) is 11.6. The molecule has 6 heteroatoms. The summed E-state index contributed by atoms with van der Waals surface area (Å²) < 4.78 is 5.45. The summed E-state index contributed by atoms with van der Waals surface area (Å²) in [4.78, 5) is 19.4. The first-order chi connectivity index (χ1) is 12.8. The minimum Gasteiger partial charge on any atom is -0.381 e. The maximum absolute atomic E-state index is 13.2. The molecule has 2 aromatic rings. The summed E-state index contributed by atoms with van der Waals surface area (Å²) in [6, 6.07) is 4.07. The van der Waals surface area contributed by atoms with E-state index < -0.39 is 0 Å². The van der Waals surface area contributed by atoms with E-state index in [-0.39, 0.29) is 12.0 Å². The quantitative estimate of drug-likeness (QED) is 0.914. The van der Waals surface area contributed by atoms with Gasteiger partial charge < -0.3 is 9.64 Å². The zero-order chi connectivity index (χ0) is 17.9. The van der Waals surface area contributed by atoms with Crippen LogP contribution in [0.1, 0.15) is 50.3 Å². The van der Waals surface area contributed by atoms with Crippen LogP contribution in [-0.4, -0.2) is 45.7 Å². The van der Waals surface area contributed by atoms with Crippen LogP contribution in [0.15, 0.2) is 30.7 Å². The molecule has 3 heterocycles. The molecule has 1 aliphatic carbocycles. The topological polar surface area (TPSA) is 71.1 Å². The fourth-order valence-electron chi connectivity index (χ4n) is 4.42. The van der Waals surface area contributed by atoms with E-state index in [1.165, 1.54) is 0 Å². The predicted molar refractivity (Wildman–Crippen MR) is 98.3 cm³/mol. The SMILES string of the molecule is COC1CCC(C(=O)N2CCC[C@@H]2c2[nH]ncc2-c2ccncc2)CC1. The lowest BCUT2D eigenvalue weighted by Crippen LogP contribution is -2.38. The van der Waals surface area contributed by atoms with Gasteiger partial charge in [0, 0.05) is 37.5 Å². The first kappa shape index (κ1) is 17.2. The Morgan fingerprint density at radius 2 is 1.96 bits per heavy atom. The van der Waals surface area contributed by atoms with Crippen molar-refractivity contribution in [2.24, 2.45) is 5.92 Å². The molecule has 4 rings (SSSR count). The summed E-state index contributed by atoms with van der Waals surface area (Å²) >= 11 is 0. The average molecular weight is 354 g/mol. The van der Waals surface area contributed by atoms with Gasteiger partial charge in [0.05, 0.1) is 24.0 Å². The number of nitrogens with one attached hydrogen (secondary N) is 1. The Kier molecular flexibility index (Phi) is 5.02. The Bertz CT molecular complexity index is 737. The van der Waals surface area contributed by atoms with Gasteiger partial charge in [-0.2, -0.15) is 5.10 Å². The Balaban J connectivity index is 1.53. The number of ether oxygens (including phenoxy) is 1. The second-order valence-electron chi connectivity index (χ2n) is 7.33. The number of carbonyl (C=O) groups excluding carboxylic acids is 1. The number of H-pyrrole nitrogens is 1. The molecule has 2 fully saturated rings. The number of amides is 1. The molecular weight excluding hydrogens is 328 g/mol. The van der Waals surface area contributed by atoms with Crippen LogP contribution in [0.2, 0.25) is 0 Å². The molecule has 138 valence electrons. The van der Waals surface area contributed by atoms with Gasteiger partial charge in [0.1, 0.15) is 0 Å². The maximum atomic E-state index is 13.2. The molecular formula is C20H26N4O2. The molecule has 2 aliphatic rings. The van der Waals surface area contributed by atoms with Crippen LogP contribution in [0.4, 0.5) is 0 Å². The van der Waals surface area contributed by atoms with Crippen molar-refractivity contribution in [3.8, 4) is 11.1 Å². The van der Waals surface area contributed by atoms with Crippen LogP contribution in [0.5, 0.6) is 0 Å². The fourth-order valence-corrected chi connectivity index (χ4v) is 4.42. The van der Waals surface area contributed by atoms with Crippen LogP contribution in [-0.2, 0) is 9.53 Å². The molecule has 0 unspecified atom stereocenters. The number of aromatic amines is 1. The fraction of sp³-hybridized carbons (Fsp3) is 0.550. The number of methoxy groups -OCH3 is 1. The largest absolute Gasteiger partial charge is 0.381 e. The van der Waals surface area contributed by atoms with Crippen molar-refractivity contribution in [2.45, 2.75) is 50.7 Å². The second kappa shape index (κ2) is 7.58. The van der Waals surface area contributed by atoms with E-state index in [9.17, 15) is 4.79 Å². The number of carbonyl (C=O) groups is 1. The molecule has 6 nitrogen and oxygen atoms in total. The van der Waals surface area contributed by atoms with Crippen molar-refractivity contribution in [1.29, 1.82) is 0 Å². The summed E-state index contributed by atoms with van der Waals surface area (Å²) in [6.45, 7) is 0.836. The van der Waals surface area contributed by atoms with Gasteiger partial charge in [0.15, 0.2) is 0 Å². The van der Waals surface area contributed by atoms with Crippen LogP contribution in [0, 0.1) is 5.92 Å². The van der Waals surface area contributed by atoms with Gasteiger partial charge in [0.25, 0.3) is 0 Å².